The van der Waals surface area contributed by atoms with Crippen LogP contribution in [-0.2, 0) is 16.0 Å². The third-order valence-electron chi connectivity index (χ3n) is 5.62. The van der Waals surface area contributed by atoms with Gasteiger partial charge in [-0.25, -0.2) is 0 Å². The zero-order valence-electron chi connectivity index (χ0n) is 16.1. The molecule has 2 heterocycles. The second-order valence-corrected chi connectivity index (χ2v) is 7.53. The van der Waals surface area contributed by atoms with Crippen LogP contribution < -0.4 is 10.3 Å². The molecule has 154 valence electrons. The lowest BCUT2D eigenvalue weighted by Crippen LogP contribution is -2.37. The number of hydrogen-bond acceptors (Lipinski definition) is 5. The summed E-state index contributed by atoms with van der Waals surface area (Å²) in [6, 6.07) is 6.74. The Bertz CT molecular complexity index is 712. The van der Waals surface area contributed by atoms with Gasteiger partial charge in [0.1, 0.15) is 5.71 Å². The Morgan fingerprint density at radius 3 is 2.46 bits per heavy atom. The topological polar surface area (TPSA) is 53.9 Å². The second-order valence-electron chi connectivity index (χ2n) is 7.53. The normalized spacial score (nSPS) is 23.6. The fourth-order valence-electron chi connectivity index (χ4n) is 3.96. The molecular weight excluding hydrogens is 371 g/mol. The smallest absolute Gasteiger partial charge is 0.431 e. The summed E-state index contributed by atoms with van der Waals surface area (Å²) in [7, 11) is 1.23. The van der Waals surface area contributed by atoms with Crippen LogP contribution in [0.25, 0.3) is 0 Å². The molecular formula is C20H26F3N3O2. The minimum absolute atomic E-state index is 0.155. The molecule has 3 rings (SSSR count). The Kier molecular flexibility index (Phi) is 6.27. The zero-order chi connectivity index (χ0) is 20.3. The minimum Gasteiger partial charge on any atom is -0.469 e. The Labute approximate surface area is 162 Å². The van der Waals surface area contributed by atoms with Crippen molar-refractivity contribution >= 4 is 17.4 Å². The molecule has 0 aromatic heterocycles. The van der Waals surface area contributed by atoms with Crippen LogP contribution in [0.3, 0.4) is 0 Å². The van der Waals surface area contributed by atoms with Crippen molar-refractivity contribution in [1.82, 2.24) is 5.32 Å². The number of nitrogens with zero attached hydrogens (tertiary/aromatic N) is 2. The summed E-state index contributed by atoms with van der Waals surface area (Å²) in [4.78, 5) is 11.7. The van der Waals surface area contributed by atoms with Crippen LogP contribution in [0, 0.1) is 11.8 Å². The van der Waals surface area contributed by atoms with E-state index in [1.165, 1.54) is 19.0 Å². The largest absolute Gasteiger partial charge is 0.469 e. The Morgan fingerprint density at radius 2 is 1.89 bits per heavy atom. The van der Waals surface area contributed by atoms with Crippen LogP contribution in [0.5, 0.6) is 0 Å². The van der Waals surface area contributed by atoms with Crippen molar-refractivity contribution in [2.45, 2.75) is 44.8 Å². The third-order valence-corrected chi connectivity index (χ3v) is 5.62. The van der Waals surface area contributed by atoms with Crippen molar-refractivity contribution in [2.75, 3.05) is 25.2 Å². The number of nitrogens with one attached hydrogen (secondary N) is 1. The van der Waals surface area contributed by atoms with Crippen LogP contribution in [0.15, 0.2) is 29.4 Å². The summed E-state index contributed by atoms with van der Waals surface area (Å²) in [6.45, 7) is 3.50. The lowest BCUT2D eigenvalue weighted by atomic mass is 9.91. The van der Waals surface area contributed by atoms with Crippen LogP contribution in [0.1, 0.15) is 31.7 Å². The van der Waals surface area contributed by atoms with E-state index in [9.17, 15) is 18.0 Å². The summed E-state index contributed by atoms with van der Waals surface area (Å²) in [5.74, 6) is -0.850. The molecule has 0 spiro atoms. The van der Waals surface area contributed by atoms with Gasteiger partial charge in [0, 0.05) is 5.92 Å². The van der Waals surface area contributed by atoms with E-state index in [0.29, 0.717) is 11.6 Å². The molecule has 1 aromatic rings. The Morgan fingerprint density at radius 1 is 1.25 bits per heavy atom. The van der Waals surface area contributed by atoms with Crippen molar-refractivity contribution in [3.63, 3.8) is 0 Å². The Hall–Kier alpha value is -2.09. The fraction of sp³-hybridized carbons (Fsp3) is 0.600. The summed E-state index contributed by atoms with van der Waals surface area (Å²) in [5.41, 5.74) is 0.849. The number of anilines is 1. The van der Waals surface area contributed by atoms with E-state index in [2.05, 4.69) is 15.2 Å². The maximum atomic E-state index is 13.3. The van der Waals surface area contributed by atoms with E-state index < -0.39 is 29.8 Å². The first-order valence-corrected chi connectivity index (χ1v) is 9.61. The molecule has 8 heteroatoms. The first-order chi connectivity index (χ1) is 13.3. The van der Waals surface area contributed by atoms with Gasteiger partial charge in [-0.1, -0.05) is 19.1 Å². The molecule has 0 aliphatic carbocycles. The molecule has 2 atom stereocenters. The maximum Gasteiger partial charge on any atom is 0.431 e. The van der Waals surface area contributed by atoms with Crippen molar-refractivity contribution in [1.29, 1.82) is 0 Å². The number of hydrazone groups is 1. The van der Waals surface area contributed by atoms with E-state index in [-0.39, 0.29) is 6.42 Å². The zero-order valence-corrected chi connectivity index (χ0v) is 16.1. The van der Waals surface area contributed by atoms with Crippen molar-refractivity contribution in [3.05, 3.63) is 29.8 Å². The molecule has 5 nitrogen and oxygen atoms in total. The number of ether oxygens (including phenoxy) is 1. The van der Waals surface area contributed by atoms with Crippen LogP contribution in [0.4, 0.5) is 18.9 Å². The van der Waals surface area contributed by atoms with Gasteiger partial charge in [-0.2, -0.15) is 18.3 Å². The molecule has 1 saturated heterocycles. The number of carbonyl (C=O) groups is 1. The maximum absolute atomic E-state index is 13.3. The summed E-state index contributed by atoms with van der Waals surface area (Å²) < 4.78 is 44.7. The summed E-state index contributed by atoms with van der Waals surface area (Å²) in [6.07, 6.45) is -1.46. The van der Waals surface area contributed by atoms with Gasteiger partial charge in [0.15, 0.2) is 0 Å². The average molecular weight is 397 g/mol. The van der Waals surface area contributed by atoms with Gasteiger partial charge < -0.3 is 10.1 Å². The highest BCUT2D eigenvalue weighted by molar-refractivity contribution is 5.96. The molecule has 28 heavy (non-hydrogen) atoms. The molecule has 2 aliphatic rings. The molecule has 2 aliphatic heterocycles. The van der Waals surface area contributed by atoms with Gasteiger partial charge in [-0.3, -0.25) is 9.80 Å². The van der Waals surface area contributed by atoms with Gasteiger partial charge >= 0.3 is 12.1 Å². The van der Waals surface area contributed by atoms with Crippen molar-refractivity contribution < 1.29 is 22.7 Å². The standard InChI is InChI=1S/C20H26F3N3O2/c1-13-17(12-18(27)28-2)26(25-19(13)20(21,22)23)16-5-3-14(4-6-16)11-15-7-9-24-10-8-15/h3-6,13,15,17,24H,7-12H2,1-2H3/t13-,17-/m0/s1. The minimum atomic E-state index is -4.53. The van der Waals surface area contributed by atoms with Crippen molar-refractivity contribution in [3.8, 4) is 0 Å². The monoisotopic (exact) mass is 397 g/mol. The number of halogens is 3. The van der Waals surface area contributed by atoms with Crippen molar-refractivity contribution in [2.24, 2.45) is 16.9 Å². The molecule has 0 unspecified atom stereocenters. The number of rotatable bonds is 5. The van der Waals surface area contributed by atoms with E-state index in [4.69, 9.17) is 0 Å². The number of piperidine rings is 1. The number of benzene rings is 1. The molecule has 0 saturated carbocycles. The van der Waals surface area contributed by atoms with E-state index in [0.717, 1.165) is 37.9 Å². The molecule has 1 aromatic carbocycles. The van der Waals surface area contributed by atoms with Crippen LogP contribution in [0.2, 0.25) is 0 Å². The SMILES string of the molecule is COC(=O)C[C@H]1[C@H](C)C(C(F)(F)F)=NN1c1ccc(CC2CCNCC2)cc1. The highest BCUT2D eigenvalue weighted by Crippen LogP contribution is 2.36. The lowest BCUT2D eigenvalue weighted by Gasteiger charge is -2.26. The highest BCUT2D eigenvalue weighted by atomic mass is 19.4. The summed E-state index contributed by atoms with van der Waals surface area (Å²) in [5, 5.41) is 8.49. The predicted octanol–water partition coefficient (Wildman–Crippen LogP) is 3.53. The number of alkyl halides is 3. The average Bonchev–Trinajstić information content (AvgIpc) is 3.00. The van der Waals surface area contributed by atoms with E-state index in [1.54, 1.807) is 12.1 Å². The Balaban J connectivity index is 1.79. The van der Waals surface area contributed by atoms with Crippen LogP contribution >= 0.6 is 0 Å². The summed E-state index contributed by atoms with van der Waals surface area (Å²) >= 11 is 0. The molecule has 1 N–H and O–H groups in total. The van der Waals surface area contributed by atoms with Gasteiger partial charge in [0.2, 0.25) is 0 Å². The number of methoxy groups -OCH3 is 1. The second kappa shape index (κ2) is 8.51. The van der Waals surface area contributed by atoms with Gasteiger partial charge in [-0.05, 0) is 56.0 Å². The first-order valence-electron chi connectivity index (χ1n) is 9.61. The van der Waals surface area contributed by atoms with E-state index in [1.807, 2.05) is 12.1 Å². The number of hydrogen-bond donors (Lipinski definition) is 1. The van der Waals surface area contributed by atoms with Gasteiger partial charge in [-0.15, -0.1) is 0 Å². The molecule has 0 bridgehead atoms. The lowest BCUT2D eigenvalue weighted by molar-refractivity contribution is -0.141. The van der Waals surface area contributed by atoms with Crippen LogP contribution in [-0.4, -0.2) is 44.1 Å². The number of carbonyl (C=O) groups excluding carboxylic acids is 1. The highest BCUT2D eigenvalue weighted by Gasteiger charge is 2.48. The van der Waals surface area contributed by atoms with E-state index >= 15 is 0 Å². The fourth-order valence-corrected chi connectivity index (χ4v) is 3.96. The van der Waals surface area contributed by atoms with Gasteiger partial charge in [0.05, 0.1) is 25.3 Å². The molecule has 1 fully saturated rings. The number of esters is 1. The molecule has 0 radical (unpaired) electrons. The molecule has 0 amide bonds. The van der Waals surface area contributed by atoms with Gasteiger partial charge in [0.25, 0.3) is 0 Å². The quantitative estimate of drug-likeness (QED) is 0.773. The first kappa shape index (κ1) is 20.6. The predicted molar refractivity (Wildman–Crippen MR) is 101 cm³/mol. The third kappa shape index (κ3) is 4.66.